The molecule has 0 bridgehead atoms. The number of hydrogen-bond donors (Lipinski definition) is 4. The number of nitrogens with two attached hydrogens (primary N) is 1. The van der Waals surface area contributed by atoms with Crippen molar-refractivity contribution in [2.24, 2.45) is 17.6 Å². The topological polar surface area (TPSA) is 140 Å². The fourth-order valence-electron chi connectivity index (χ4n) is 3.47. The zero-order valence-corrected chi connectivity index (χ0v) is 22.0. The number of benzene rings is 1. The van der Waals surface area contributed by atoms with Crippen molar-refractivity contribution in [3.63, 3.8) is 0 Å². The Morgan fingerprint density at radius 3 is 1.77 bits per heavy atom. The van der Waals surface area contributed by atoms with E-state index in [9.17, 15) is 19.2 Å². The molecule has 0 fully saturated rings. The SMILES string of the molecule is CC(C)C[C@H](NC(=O)[C@H](CC(C)C)NC(=O)[C@H](Cc1ccccc1)NC(=O)OC(C)(C)C)C(N)=O. The molecular formula is C26H42N4O5. The fourth-order valence-corrected chi connectivity index (χ4v) is 3.47. The smallest absolute Gasteiger partial charge is 0.408 e. The van der Waals surface area contributed by atoms with Crippen LogP contribution in [0.25, 0.3) is 0 Å². The highest BCUT2D eigenvalue weighted by Gasteiger charge is 2.31. The molecule has 9 heteroatoms. The summed E-state index contributed by atoms with van der Waals surface area (Å²) in [5.41, 5.74) is 5.57. The van der Waals surface area contributed by atoms with Gasteiger partial charge < -0.3 is 26.4 Å². The molecule has 0 aliphatic rings. The molecule has 1 aromatic rings. The summed E-state index contributed by atoms with van der Waals surface area (Å²) in [5, 5.41) is 8.07. The number of hydrogen-bond acceptors (Lipinski definition) is 5. The molecule has 0 unspecified atom stereocenters. The van der Waals surface area contributed by atoms with Crippen LogP contribution in [0.2, 0.25) is 0 Å². The van der Waals surface area contributed by atoms with Crippen LogP contribution in [-0.4, -0.2) is 47.5 Å². The lowest BCUT2D eigenvalue weighted by Gasteiger charge is -2.27. The number of ether oxygens (including phenoxy) is 1. The van der Waals surface area contributed by atoms with Crippen LogP contribution < -0.4 is 21.7 Å². The second-order valence-corrected chi connectivity index (χ2v) is 10.7. The number of amides is 4. The van der Waals surface area contributed by atoms with Crippen LogP contribution >= 0.6 is 0 Å². The second kappa shape index (κ2) is 13.7. The van der Waals surface area contributed by atoms with Crippen molar-refractivity contribution >= 4 is 23.8 Å². The summed E-state index contributed by atoms with van der Waals surface area (Å²) in [6.07, 6.45) is 0.207. The first kappa shape index (κ1) is 29.9. The Balaban J connectivity index is 3.08. The van der Waals surface area contributed by atoms with Gasteiger partial charge in [0.25, 0.3) is 0 Å². The normalized spacial score (nSPS) is 14.1. The van der Waals surface area contributed by atoms with Crippen LogP contribution in [0.3, 0.4) is 0 Å². The van der Waals surface area contributed by atoms with Crippen molar-refractivity contribution in [1.82, 2.24) is 16.0 Å². The van der Waals surface area contributed by atoms with E-state index in [0.29, 0.717) is 12.8 Å². The number of rotatable bonds is 12. The van der Waals surface area contributed by atoms with Crippen LogP contribution in [0.15, 0.2) is 30.3 Å². The Hall–Kier alpha value is -3.10. The molecule has 0 aromatic heterocycles. The zero-order valence-electron chi connectivity index (χ0n) is 22.0. The van der Waals surface area contributed by atoms with Gasteiger partial charge in [0.2, 0.25) is 17.7 Å². The van der Waals surface area contributed by atoms with E-state index in [2.05, 4.69) is 16.0 Å². The molecule has 0 saturated carbocycles. The van der Waals surface area contributed by atoms with E-state index in [1.807, 2.05) is 58.0 Å². The fraction of sp³-hybridized carbons (Fsp3) is 0.615. The molecule has 1 rings (SSSR count). The first-order valence-electron chi connectivity index (χ1n) is 12.1. The summed E-state index contributed by atoms with van der Waals surface area (Å²) >= 11 is 0. The van der Waals surface area contributed by atoms with Crippen molar-refractivity contribution in [2.75, 3.05) is 0 Å². The number of primary amides is 1. The number of carbonyl (C=O) groups excluding carboxylic acids is 4. The van der Waals surface area contributed by atoms with Gasteiger partial charge >= 0.3 is 6.09 Å². The minimum atomic E-state index is -0.975. The first-order valence-corrected chi connectivity index (χ1v) is 12.1. The summed E-state index contributed by atoms with van der Waals surface area (Å²) in [4.78, 5) is 50.6. The molecule has 9 nitrogen and oxygen atoms in total. The lowest BCUT2D eigenvalue weighted by atomic mass is 9.99. The maximum Gasteiger partial charge on any atom is 0.408 e. The molecule has 0 heterocycles. The highest BCUT2D eigenvalue weighted by Crippen LogP contribution is 2.11. The number of nitrogens with one attached hydrogen (secondary N) is 3. The maximum atomic E-state index is 13.3. The monoisotopic (exact) mass is 490 g/mol. The van der Waals surface area contributed by atoms with Crippen LogP contribution in [0.4, 0.5) is 4.79 Å². The van der Waals surface area contributed by atoms with Gasteiger partial charge in [-0.05, 0) is 51.0 Å². The number of alkyl carbamates (subject to hydrolysis) is 1. The largest absolute Gasteiger partial charge is 0.444 e. The second-order valence-electron chi connectivity index (χ2n) is 10.7. The lowest BCUT2D eigenvalue weighted by Crippen LogP contribution is -2.57. The highest BCUT2D eigenvalue weighted by atomic mass is 16.6. The molecule has 4 amide bonds. The summed E-state index contributed by atoms with van der Waals surface area (Å²) in [5.74, 6) is -1.43. The van der Waals surface area contributed by atoms with Crippen LogP contribution in [-0.2, 0) is 25.5 Å². The molecule has 0 saturated heterocycles. The first-order chi connectivity index (χ1) is 16.2. The molecular weight excluding hydrogens is 448 g/mol. The number of carbonyl (C=O) groups is 4. The van der Waals surface area contributed by atoms with E-state index in [1.165, 1.54) is 0 Å². The van der Waals surface area contributed by atoms with Crippen molar-refractivity contribution in [2.45, 2.75) is 91.5 Å². The molecule has 0 aliphatic carbocycles. The van der Waals surface area contributed by atoms with Gasteiger partial charge in [-0.1, -0.05) is 58.0 Å². The molecule has 0 spiro atoms. The maximum absolute atomic E-state index is 13.3. The molecule has 0 radical (unpaired) electrons. The van der Waals surface area contributed by atoms with Gasteiger partial charge in [0, 0.05) is 6.42 Å². The lowest BCUT2D eigenvalue weighted by molar-refractivity contribution is -0.132. The van der Waals surface area contributed by atoms with Crippen molar-refractivity contribution < 1.29 is 23.9 Å². The standard InChI is InChI=1S/C26H42N4O5/c1-16(2)13-19(22(27)31)28-23(32)20(14-17(3)4)29-24(33)21(15-18-11-9-8-10-12-18)30-25(34)35-26(5,6)7/h8-12,16-17,19-21H,13-15H2,1-7H3,(H2,27,31)(H,28,32)(H,29,33)(H,30,34)/t19-,20-,21-/m0/s1. The Morgan fingerprint density at radius 2 is 1.29 bits per heavy atom. The molecule has 0 aliphatic heterocycles. The minimum Gasteiger partial charge on any atom is -0.444 e. The summed E-state index contributed by atoms with van der Waals surface area (Å²) in [7, 11) is 0. The van der Waals surface area contributed by atoms with E-state index in [1.54, 1.807) is 20.8 Å². The van der Waals surface area contributed by atoms with Gasteiger partial charge in [-0.15, -0.1) is 0 Å². The van der Waals surface area contributed by atoms with Gasteiger partial charge in [0.05, 0.1) is 0 Å². The van der Waals surface area contributed by atoms with Crippen LogP contribution in [0.1, 0.15) is 66.9 Å². The van der Waals surface area contributed by atoms with E-state index in [-0.39, 0.29) is 18.3 Å². The van der Waals surface area contributed by atoms with E-state index >= 15 is 0 Å². The predicted octanol–water partition coefficient (Wildman–Crippen LogP) is 2.67. The molecule has 5 N–H and O–H groups in total. The minimum absolute atomic E-state index is 0.0783. The van der Waals surface area contributed by atoms with Gasteiger partial charge in [-0.2, -0.15) is 0 Å². The molecule has 35 heavy (non-hydrogen) atoms. The molecule has 3 atom stereocenters. The summed E-state index contributed by atoms with van der Waals surface area (Å²) < 4.78 is 5.33. The summed E-state index contributed by atoms with van der Waals surface area (Å²) in [6, 6.07) is 6.51. The Bertz CT molecular complexity index is 849. The Kier molecular flexibility index (Phi) is 11.7. The van der Waals surface area contributed by atoms with Crippen LogP contribution in [0, 0.1) is 11.8 Å². The summed E-state index contributed by atoms with van der Waals surface area (Å²) in [6.45, 7) is 12.9. The predicted molar refractivity (Wildman–Crippen MR) is 135 cm³/mol. The third-order valence-corrected chi connectivity index (χ3v) is 5.00. The molecule has 1 aromatic carbocycles. The average Bonchev–Trinajstić information content (AvgIpc) is 2.70. The van der Waals surface area contributed by atoms with Crippen molar-refractivity contribution in [1.29, 1.82) is 0 Å². The average molecular weight is 491 g/mol. The van der Waals surface area contributed by atoms with Gasteiger partial charge in [-0.3, -0.25) is 14.4 Å². The quantitative estimate of drug-likeness (QED) is 0.357. The van der Waals surface area contributed by atoms with E-state index in [4.69, 9.17) is 10.5 Å². The Labute approximate surface area is 208 Å². The van der Waals surface area contributed by atoms with Gasteiger partial charge in [0.15, 0.2) is 0 Å². The van der Waals surface area contributed by atoms with Crippen molar-refractivity contribution in [3.8, 4) is 0 Å². The molecule has 196 valence electrons. The third kappa shape index (κ3) is 12.2. The highest BCUT2D eigenvalue weighted by molar-refractivity contribution is 5.93. The van der Waals surface area contributed by atoms with E-state index in [0.717, 1.165) is 5.56 Å². The van der Waals surface area contributed by atoms with E-state index < -0.39 is 47.5 Å². The Morgan fingerprint density at radius 1 is 0.800 bits per heavy atom. The van der Waals surface area contributed by atoms with Crippen LogP contribution in [0.5, 0.6) is 0 Å². The van der Waals surface area contributed by atoms with Crippen molar-refractivity contribution in [3.05, 3.63) is 35.9 Å². The van der Waals surface area contributed by atoms with Gasteiger partial charge in [0.1, 0.15) is 23.7 Å². The third-order valence-electron chi connectivity index (χ3n) is 5.00. The van der Waals surface area contributed by atoms with Gasteiger partial charge in [-0.25, -0.2) is 4.79 Å². The zero-order chi connectivity index (χ0) is 26.8.